The molecule has 32 heavy (non-hydrogen) atoms. The molecule has 0 radical (unpaired) electrons. The highest BCUT2D eigenvalue weighted by molar-refractivity contribution is 6.51. The summed E-state index contributed by atoms with van der Waals surface area (Å²) in [5, 5.41) is 13.6. The van der Waals surface area contributed by atoms with Crippen molar-refractivity contribution in [1.29, 1.82) is 0 Å². The van der Waals surface area contributed by atoms with Gasteiger partial charge in [0.2, 0.25) is 5.91 Å². The van der Waals surface area contributed by atoms with Gasteiger partial charge in [0.15, 0.2) is 0 Å². The Morgan fingerprint density at radius 2 is 1.88 bits per heavy atom. The zero-order valence-corrected chi connectivity index (χ0v) is 19.0. The summed E-state index contributed by atoms with van der Waals surface area (Å²) in [6.07, 6.45) is 1.91. The molecule has 0 atom stereocenters. The molecule has 8 nitrogen and oxygen atoms in total. The number of nitrogens with one attached hydrogen (secondary N) is 1. The number of amides is 3. The molecule has 1 aliphatic heterocycles. The van der Waals surface area contributed by atoms with E-state index in [9.17, 15) is 19.7 Å². The van der Waals surface area contributed by atoms with Crippen LogP contribution in [-0.4, -0.2) is 30.5 Å². The molecule has 0 bridgehead atoms. The lowest BCUT2D eigenvalue weighted by atomic mass is 9.84. The molecule has 1 fully saturated rings. The van der Waals surface area contributed by atoms with Gasteiger partial charge in [-0.2, -0.15) is 0 Å². The number of hydrogen-bond acceptors (Lipinski definition) is 5. The van der Waals surface area contributed by atoms with Crippen LogP contribution < -0.4 is 15.0 Å². The van der Waals surface area contributed by atoms with E-state index in [1.165, 1.54) is 17.0 Å². The molecule has 1 N–H and O–H groups in total. The van der Waals surface area contributed by atoms with Crippen LogP contribution in [0, 0.1) is 10.1 Å². The fourth-order valence-electron chi connectivity index (χ4n) is 3.46. The zero-order chi connectivity index (χ0) is 23.6. The topological polar surface area (TPSA) is 102 Å². The maximum Gasteiger partial charge on any atom is 0.328 e. The lowest BCUT2D eigenvalue weighted by Gasteiger charge is -2.30. The molecule has 0 spiro atoms. The number of hydrogen-bond donors (Lipinski definition) is 1. The molecular formula is C23H24ClN3O5. The number of methoxy groups -OCH3 is 1. The van der Waals surface area contributed by atoms with Crippen molar-refractivity contribution in [3.05, 3.63) is 63.2 Å². The first-order valence-electron chi connectivity index (χ1n) is 9.97. The van der Waals surface area contributed by atoms with Gasteiger partial charge in [-0.3, -0.25) is 25.1 Å². The first kappa shape index (κ1) is 23.3. The van der Waals surface area contributed by atoms with Gasteiger partial charge in [0, 0.05) is 46.9 Å². The van der Waals surface area contributed by atoms with Crippen molar-refractivity contribution in [1.82, 2.24) is 5.32 Å². The number of nitro groups is 1. The molecule has 2 aromatic rings. The van der Waals surface area contributed by atoms with Crippen molar-refractivity contribution in [2.75, 3.05) is 18.6 Å². The van der Waals surface area contributed by atoms with Gasteiger partial charge in [-0.25, -0.2) is 4.79 Å². The minimum atomic E-state index is -0.484. The molecular weight excluding hydrogens is 434 g/mol. The van der Waals surface area contributed by atoms with Gasteiger partial charge in [-0.1, -0.05) is 32.4 Å². The number of ether oxygens (including phenoxy) is 1. The first-order chi connectivity index (χ1) is 15.0. The maximum absolute atomic E-state index is 12.4. The first-order valence-corrected chi connectivity index (χ1v) is 10.3. The highest BCUT2D eigenvalue weighted by Crippen LogP contribution is 2.40. The molecule has 168 valence electrons. The maximum atomic E-state index is 12.4. The summed E-state index contributed by atoms with van der Waals surface area (Å²) < 4.78 is 5.71. The summed E-state index contributed by atoms with van der Waals surface area (Å²) in [6.45, 7) is 6.35. The summed E-state index contributed by atoms with van der Waals surface area (Å²) in [7, 11) is 1.56. The van der Waals surface area contributed by atoms with Crippen molar-refractivity contribution < 1.29 is 19.2 Å². The number of non-ortho nitro benzene ring substituents is 1. The molecule has 0 aromatic heterocycles. The van der Waals surface area contributed by atoms with E-state index in [1.807, 2.05) is 26.8 Å². The summed E-state index contributed by atoms with van der Waals surface area (Å²) in [5.41, 5.74) is 2.37. The van der Waals surface area contributed by atoms with E-state index in [1.54, 1.807) is 31.4 Å². The Balaban J connectivity index is 2.12. The van der Waals surface area contributed by atoms with Crippen LogP contribution in [0.25, 0.3) is 11.1 Å². The van der Waals surface area contributed by atoms with Crippen LogP contribution >= 0.6 is 11.6 Å². The van der Waals surface area contributed by atoms with Crippen LogP contribution in [0.2, 0.25) is 0 Å². The third-order valence-electron chi connectivity index (χ3n) is 5.12. The Kier molecular flexibility index (Phi) is 6.55. The van der Waals surface area contributed by atoms with Crippen molar-refractivity contribution in [3.63, 3.8) is 0 Å². The molecule has 0 unspecified atom stereocenters. The van der Waals surface area contributed by atoms with Crippen LogP contribution in [0.3, 0.4) is 0 Å². The largest absolute Gasteiger partial charge is 0.496 e. The lowest BCUT2D eigenvalue weighted by molar-refractivity contribution is -0.384. The van der Waals surface area contributed by atoms with E-state index < -0.39 is 11.0 Å². The number of imide groups is 1. The van der Waals surface area contributed by atoms with Gasteiger partial charge in [0.05, 0.1) is 12.0 Å². The van der Waals surface area contributed by atoms with Gasteiger partial charge in [-0.05, 0) is 41.3 Å². The molecule has 9 heteroatoms. The van der Waals surface area contributed by atoms with E-state index in [4.69, 9.17) is 16.3 Å². The number of nitrogens with zero attached hydrogens (tertiary/aromatic N) is 2. The number of rotatable bonds is 5. The van der Waals surface area contributed by atoms with Crippen LogP contribution in [-0.2, 0) is 10.2 Å². The summed E-state index contributed by atoms with van der Waals surface area (Å²) >= 11 is 6.55. The Hall–Kier alpha value is -3.39. The second kappa shape index (κ2) is 9.00. The normalized spacial score (nSPS) is 14.9. The fourth-order valence-corrected chi connectivity index (χ4v) is 3.70. The SMILES string of the molecule is COc1c(C=C(Cl)c2ccc([N+](=O)[O-])cc2)cc(N2CCC(=O)NC2=O)cc1C(C)(C)C. The standard InChI is InChI=1S/C23H24ClN3O5/c1-23(2,3)18-13-17(26-10-9-20(28)25-22(26)29)11-15(21(18)32-4)12-19(24)14-5-7-16(8-6-14)27(30)31/h5-8,11-13H,9-10H2,1-4H3,(H,25,28,29). The number of carbonyl (C=O) groups is 2. The van der Waals surface area contributed by atoms with Crippen LogP contribution in [0.5, 0.6) is 5.75 Å². The van der Waals surface area contributed by atoms with Gasteiger partial charge in [-0.15, -0.1) is 0 Å². The van der Waals surface area contributed by atoms with E-state index in [0.29, 0.717) is 27.6 Å². The monoisotopic (exact) mass is 457 g/mol. The molecule has 2 aromatic carbocycles. The average Bonchev–Trinajstić information content (AvgIpc) is 2.72. The molecule has 1 aliphatic rings. The zero-order valence-electron chi connectivity index (χ0n) is 18.3. The van der Waals surface area contributed by atoms with Crippen LogP contribution in [0.1, 0.15) is 43.9 Å². The van der Waals surface area contributed by atoms with E-state index in [2.05, 4.69) is 5.32 Å². The molecule has 0 aliphatic carbocycles. The summed E-state index contributed by atoms with van der Waals surface area (Å²) in [6, 6.07) is 9.08. The molecule has 1 saturated heterocycles. The predicted octanol–water partition coefficient (Wildman–Crippen LogP) is 5.08. The molecule has 1 heterocycles. The predicted molar refractivity (Wildman–Crippen MR) is 124 cm³/mol. The van der Waals surface area contributed by atoms with Gasteiger partial charge < -0.3 is 4.74 Å². The fraction of sp³-hybridized carbons (Fsp3) is 0.304. The van der Waals surface area contributed by atoms with Gasteiger partial charge >= 0.3 is 6.03 Å². The minimum Gasteiger partial charge on any atom is -0.496 e. The van der Waals surface area contributed by atoms with Crippen molar-refractivity contribution in [3.8, 4) is 5.75 Å². The van der Waals surface area contributed by atoms with E-state index in [0.717, 1.165) is 5.56 Å². The number of urea groups is 1. The second-order valence-corrected chi connectivity index (χ2v) is 8.82. The Morgan fingerprint density at radius 3 is 2.41 bits per heavy atom. The smallest absolute Gasteiger partial charge is 0.328 e. The molecule has 3 rings (SSSR count). The molecule has 0 saturated carbocycles. The van der Waals surface area contributed by atoms with E-state index >= 15 is 0 Å². The highest BCUT2D eigenvalue weighted by Gasteiger charge is 2.28. The quantitative estimate of drug-likeness (QED) is 0.383. The van der Waals surface area contributed by atoms with E-state index in [-0.39, 0.29) is 30.0 Å². The minimum absolute atomic E-state index is 0.0292. The van der Waals surface area contributed by atoms with Crippen LogP contribution in [0.15, 0.2) is 36.4 Å². The van der Waals surface area contributed by atoms with Gasteiger partial charge in [0.1, 0.15) is 5.75 Å². The van der Waals surface area contributed by atoms with Crippen molar-refractivity contribution in [2.24, 2.45) is 0 Å². The number of halogens is 1. The van der Waals surface area contributed by atoms with Crippen molar-refractivity contribution >= 4 is 46.0 Å². The number of carbonyl (C=O) groups excluding carboxylic acids is 2. The third-order valence-corrected chi connectivity index (χ3v) is 5.44. The molecule has 3 amide bonds. The van der Waals surface area contributed by atoms with Gasteiger partial charge in [0.25, 0.3) is 5.69 Å². The number of nitro benzene ring substituents is 1. The Morgan fingerprint density at radius 1 is 1.22 bits per heavy atom. The average molecular weight is 458 g/mol. The van der Waals surface area contributed by atoms with Crippen LogP contribution in [0.4, 0.5) is 16.2 Å². The third kappa shape index (κ3) is 4.91. The Bertz CT molecular complexity index is 1100. The van der Waals surface area contributed by atoms with Crippen molar-refractivity contribution in [2.45, 2.75) is 32.6 Å². The lowest BCUT2D eigenvalue weighted by Crippen LogP contribution is -2.49. The number of anilines is 1. The Labute approximate surface area is 191 Å². The summed E-state index contributed by atoms with van der Waals surface area (Å²) in [4.78, 5) is 35.9. The second-order valence-electron chi connectivity index (χ2n) is 8.42. The highest BCUT2D eigenvalue weighted by atomic mass is 35.5. The summed E-state index contributed by atoms with van der Waals surface area (Å²) in [5.74, 6) is 0.298. The number of benzene rings is 2.